The highest BCUT2D eigenvalue weighted by molar-refractivity contribution is 9.11. The summed E-state index contributed by atoms with van der Waals surface area (Å²) in [5.41, 5.74) is -0.0185. The molecule has 0 saturated carbocycles. The van der Waals surface area contributed by atoms with Crippen LogP contribution in [0.5, 0.6) is 0 Å². The van der Waals surface area contributed by atoms with Crippen molar-refractivity contribution in [2.75, 3.05) is 0 Å². The second-order valence-corrected chi connectivity index (χ2v) is 7.95. The van der Waals surface area contributed by atoms with Crippen LogP contribution in [0.3, 0.4) is 0 Å². The van der Waals surface area contributed by atoms with Gasteiger partial charge in [0.2, 0.25) is 0 Å². The Morgan fingerprint density at radius 2 is 1.89 bits per heavy atom. The lowest BCUT2D eigenvalue weighted by atomic mass is 10.0. The Labute approximate surface area is 179 Å². The molecule has 0 aliphatic rings. The van der Waals surface area contributed by atoms with Gasteiger partial charge >= 0.3 is 5.69 Å². The molecule has 2 aromatic carbocycles. The van der Waals surface area contributed by atoms with Crippen molar-refractivity contribution < 1.29 is 18.0 Å². The third kappa shape index (κ3) is 3.55. The van der Waals surface area contributed by atoms with Crippen molar-refractivity contribution in [3.8, 4) is 0 Å². The molecule has 0 saturated heterocycles. The van der Waals surface area contributed by atoms with E-state index in [1.54, 1.807) is 6.92 Å². The third-order valence-corrected chi connectivity index (χ3v) is 5.96. The summed E-state index contributed by atoms with van der Waals surface area (Å²) in [5.74, 6) is -1.21. The largest absolute Gasteiger partial charge is 0.329 e. The number of imidazole rings is 1. The van der Waals surface area contributed by atoms with Gasteiger partial charge in [-0.05, 0) is 63.0 Å². The van der Waals surface area contributed by atoms with E-state index in [2.05, 4.69) is 31.9 Å². The number of halogens is 6. The number of alkyl halides is 2. The maximum atomic E-state index is 13.6. The summed E-state index contributed by atoms with van der Waals surface area (Å²) >= 11 is 12.6. The molecule has 0 atom stereocenters. The Bertz CT molecular complexity index is 1160. The van der Waals surface area contributed by atoms with Crippen molar-refractivity contribution >= 4 is 60.3 Å². The van der Waals surface area contributed by atoms with Gasteiger partial charge in [0.25, 0.3) is 6.43 Å². The zero-order chi connectivity index (χ0) is 20.7. The first-order chi connectivity index (χ1) is 13.2. The summed E-state index contributed by atoms with van der Waals surface area (Å²) in [6.45, 7) is 1.12. The number of nitrogens with zero attached hydrogens (tertiary/aromatic N) is 2. The second kappa shape index (κ2) is 8.04. The van der Waals surface area contributed by atoms with Crippen molar-refractivity contribution in [3.05, 3.63) is 65.7 Å². The fourth-order valence-corrected chi connectivity index (χ4v) is 4.90. The molecule has 148 valence electrons. The van der Waals surface area contributed by atoms with Crippen LogP contribution in [0.15, 0.2) is 38.0 Å². The molecule has 4 nitrogen and oxygen atoms in total. The molecule has 0 N–H and O–H groups in total. The molecule has 0 spiro atoms. The Morgan fingerprint density at radius 3 is 2.50 bits per heavy atom. The van der Waals surface area contributed by atoms with Gasteiger partial charge in [-0.25, -0.2) is 18.0 Å². The van der Waals surface area contributed by atoms with E-state index in [1.165, 1.54) is 16.7 Å². The maximum absolute atomic E-state index is 13.6. The van der Waals surface area contributed by atoms with Gasteiger partial charge in [0.05, 0.1) is 32.6 Å². The van der Waals surface area contributed by atoms with Gasteiger partial charge in [0.1, 0.15) is 5.82 Å². The monoisotopic (exact) mass is 538 g/mol. The van der Waals surface area contributed by atoms with Gasteiger partial charge in [-0.1, -0.05) is 11.6 Å². The summed E-state index contributed by atoms with van der Waals surface area (Å²) in [7, 11) is 0. The first kappa shape index (κ1) is 21.1. The van der Waals surface area contributed by atoms with Crippen LogP contribution >= 0.6 is 43.5 Å². The first-order valence-corrected chi connectivity index (χ1v) is 10.0. The van der Waals surface area contributed by atoms with E-state index in [4.69, 9.17) is 11.6 Å². The number of fused-ring (bicyclic) bond motifs is 1. The van der Waals surface area contributed by atoms with Crippen LogP contribution in [0.2, 0.25) is 5.02 Å². The third-order valence-electron chi connectivity index (χ3n) is 4.23. The summed E-state index contributed by atoms with van der Waals surface area (Å²) in [6.07, 6.45) is -2.72. The SMILES string of the molecule is CCn1c(=O)n(CC(F)F)c2cc(Br)c(C(=O)c3cc(F)ccc3Cl)c(Br)c21. The predicted molar refractivity (Wildman–Crippen MR) is 108 cm³/mol. The first-order valence-electron chi connectivity index (χ1n) is 8.06. The molecule has 0 amide bonds. The van der Waals surface area contributed by atoms with Gasteiger partial charge in [-0.3, -0.25) is 13.9 Å². The number of ketones is 1. The number of carbonyl (C=O) groups is 1. The minimum Gasteiger partial charge on any atom is -0.291 e. The number of hydrogen-bond donors (Lipinski definition) is 0. The van der Waals surface area contributed by atoms with Gasteiger partial charge in [-0.2, -0.15) is 0 Å². The molecule has 1 heterocycles. The minimum absolute atomic E-state index is 0.0557. The summed E-state index contributed by atoms with van der Waals surface area (Å²) in [4.78, 5) is 25.6. The van der Waals surface area contributed by atoms with Crippen molar-refractivity contribution in [3.63, 3.8) is 0 Å². The number of rotatable bonds is 5. The van der Waals surface area contributed by atoms with E-state index < -0.39 is 30.3 Å². The summed E-state index contributed by atoms with van der Waals surface area (Å²) in [5, 5.41) is 0.0634. The Morgan fingerprint density at radius 1 is 1.21 bits per heavy atom. The van der Waals surface area contributed by atoms with Gasteiger partial charge in [0, 0.05) is 16.6 Å². The lowest BCUT2D eigenvalue weighted by molar-refractivity contribution is 0.103. The van der Waals surface area contributed by atoms with Crippen LogP contribution in [0, 0.1) is 5.82 Å². The van der Waals surface area contributed by atoms with E-state index in [0.717, 1.165) is 16.7 Å². The van der Waals surface area contributed by atoms with Crippen LogP contribution in [0.25, 0.3) is 11.0 Å². The molecule has 0 unspecified atom stereocenters. The standard InChI is InChI=1S/C18H12Br2ClF3N2O2/c1-2-25-16-12(26(18(25)28)7-13(23)24)6-10(19)14(15(16)20)17(27)9-5-8(22)3-4-11(9)21/h3-6,13H,2,7H2,1H3. The van der Waals surface area contributed by atoms with Gasteiger partial charge < -0.3 is 0 Å². The smallest absolute Gasteiger partial charge is 0.291 e. The highest BCUT2D eigenvalue weighted by Gasteiger charge is 2.26. The van der Waals surface area contributed by atoms with Crippen LogP contribution < -0.4 is 5.69 Å². The summed E-state index contributed by atoms with van der Waals surface area (Å²) < 4.78 is 42.3. The molecule has 3 rings (SSSR count). The van der Waals surface area contributed by atoms with E-state index in [9.17, 15) is 22.8 Å². The topological polar surface area (TPSA) is 44.0 Å². The predicted octanol–water partition coefficient (Wildman–Crippen LogP) is 5.64. The Balaban J connectivity index is 2.33. The molecule has 0 radical (unpaired) electrons. The zero-order valence-electron chi connectivity index (χ0n) is 14.3. The van der Waals surface area contributed by atoms with Gasteiger partial charge in [-0.15, -0.1) is 0 Å². The fraction of sp³-hybridized carbons (Fsp3) is 0.222. The lowest BCUT2D eigenvalue weighted by Crippen LogP contribution is -2.26. The molecule has 0 aliphatic heterocycles. The minimum atomic E-state index is -2.72. The van der Waals surface area contributed by atoms with Crippen molar-refractivity contribution in [2.45, 2.75) is 26.4 Å². The Hall–Kier alpha value is -1.58. The number of aromatic nitrogens is 2. The molecule has 0 aliphatic carbocycles. The second-order valence-electron chi connectivity index (χ2n) is 5.90. The quantitative estimate of drug-likeness (QED) is 0.394. The van der Waals surface area contributed by atoms with Crippen molar-refractivity contribution in [2.24, 2.45) is 0 Å². The molecular weight excluding hydrogens is 528 g/mol. The lowest BCUT2D eigenvalue weighted by Gasteiger charge is -2.11. The van der Waals surface area contributed by atoms with Crippen LogP contribution in [0.1, 0.15) is 22.8 Å². The zero-order valence-corrected chi connectivity index (χ0v) is 18.2. The normalized spacial score (nSPS) is 11.6. The molecule has 0 bridgehead atoms. The average molecular weight is 541 g/mol. The number of benzene rings is 2. The van der Waals surface area contributed by atoms with Crippen LogP contribution in [0.4, 0.5) is 13.2 Å². The Kier molecular flexibility index (Phi) is 6.07. The summed E-state index contributed by atoms with van der Waals surface area (Å²) in [6, 6.07) is 4.84. The highest BCUT2D eigenvalue weighted by Crippen LogP contribution is 2.36. The fourth-order valence-electron chi connectivity index (χ4n) is 3.03. The van der Waals surface area contributed by atoms with E-state index in [0.29, 0.717) is 5.52 Å². The van der Waals surface area contributed by atoms with Crippen molar-refractivity contribution in [1.82, 2.24) is 9.13 Å². The maximum Gasteiger partial charge on any atom is 0.329 e. The van der Waals surface area contributed by atoms with Crippen LogP contribution in [-0.2, 0) is 13.1 Å². The van der Waals surface area contributed by atoms with E-state index in [-0.39, 0.29) is 37.2 Å². The van der Waals surface area contributed by atoms with Gasteiger partial charge in [0.15, 0.2) is 5.78 Å². The van der Waals surface area contributed by atoms with E-state index >= 15 is 0 Å². The number of hydrogen-bond acceptors (Lipinski definition) is 2. The number of aryl methyl sites for hydroxylation is 1. The average Bonchev–Trinajstić information content (AvgIpc) is 2.88. The molecule has 10 heteroatoms. The van der Waals surface area contributed by atoms with Crippen molar-refractivity contribution in [1.29, 1.82) is 0 Å². The van der Waals surface area contributed by atoms with Crippen LogP contribution in [-0.4, -0.2) is 21.3 Å². The molecule has 1 aromatic heterocycles. The van der Waals surface area contributed by atoms with E-state index in [1.807, 2.05) is 0 Å². The molecular formula is C18H12Br2ClF3N2O2. The molecule has 28 heavy (non-hydrogen) atoms. The molecule has 3 aromatic rings. The molecule has 0 fully saturated rings. The number of carbonyl (C=O) groups excluding carboxylic acids is 1. The highest BCUT2D eigenvalue weighted by atomic mass is 79.9.